The maximum absolute atomic E-state index is 12.2. The van der Waals surface area contributed by atoms with Crippen molar-refractivity contribution >= 4 is 28.4 Å². The molecule has 0 aliphatic carbocycles. The van der Waals surface area contributed by atoms with E-state index in [1.165, 1.54) is 22.5 Å². The van der Waals surface area contributed by atoms with Crippen LogP contribution in [0.2, 0.25) is 0 Å². The number of carbonyl (C=O) groups is 1. The Morgan fingerprint density at radius 1 is 1.26 bits per heavy atom. The minimum absolute atomic E-state index is 0.0153. The zero-order valence-electron chi connectivity index (χ0n) is 13.1. The molecule has 3 aromatic rings. The highest BCUT2D eigenvalue weighted by molar-refractivity contribution is 7.99. The summed E-state index contributed by atoms with van der Waals surface area (Å²) in [5, 5.41) is 13.9. The van der Waals surface area contributed by atoms with Crippen LogP contribution in [0.4, 0.5) is 0 Å². The molecule has 0 unspecified atom stereocenters. The fourth-order valence-corrected chi connectivity index (χ4v) is 3.22. The summed E-state index contributed by atoms with van der Waals surface area (Å²) in [5.41, 5.74) is 1.13. The monoisotopic (exact) mass is 326 g/mol. The molecule has 1 amide bonds. The fraction of sp³-hybridized carbons (Fsp3) is 0.235. The topological polar surface area (TPSA) is 59.8 Å². The molecule has 3 rings (SSSR count). The number of fused-ring (bicyclic) bond motifs is 1. The van der Waals surface area contributed by atoms with Crippen LogP contribution in [0.25, 0.3) is 10.8 Å². The Balaban J connectivity index is 1.67. The highest BCUT2D eigenvalue weighted by Gasteiger charge is 2.13. The lowest BCUT2D eigenvalue weighted by Gasteiger charge is -2.16. The Hall–Kier alpha value is -2.34. The molecule has 2 aromatic carbocycles. The average Bonchev–Trinajstić information content (AvgIpc) is 2.97. The summed E-state index contributed by atoms with van der Waals surface area (Å²) in [4.78, 5) is 12.2. The molecule has 23 heavy (non-hydrogen) atoms. The number of nitrogens with zero attached hydrogens (tertiary/aromatic N) is 3. The highest BCUT2D eigenvalue weighted by Crippen LogP contribution is 2.24. The number of aromatic nitrogens is 3. The van der Waals surface area contributed by atoms with Crippen molar-refractivity contribution in [2.45, 2.75) is 18.1 Å². The zero-order valence-corrected chi connectivity index (χ0v) is 13.9. The van der Waals surface area contributed by atoms with Gasteiger partial charge in [-0.1, -0.05) is 54.2 Å². The van der Waals surface area contributed by atoms with Crippen molar-refractivity contribution in [1.29, 1.82) is 0 Å². The van der Waals surface area contributed by atoms with Crippen LogP contribution in [0.1, 0.15) is 18.5 Å². The summed E-state index contributed by atoms with van der Waals surface area (Å²) >= 11 is 1.38. The van der Waals surface area contributed by atoms with Crippen LogP contribution in [0, 0.1) is 0 Å². The van der Waals surface area contributed by atoms with E-state index in [1.54, 1.807) is 10.9 Å². The largest absolute Gasteiger partial charge is 0.349 e. The molecular weight excluding hydrogens is 308 g/mol. The molecule has 1 heterocycles. The third kappa shape index (κ3) is 3.53. The number of benzene rings is 2. The molecule has 0 aliphatic rings. The molecule has 118 valence electrons. The predicted molar refractivity (Wildman–Crippen MR) is 92.2 cm³/mol. The Morgan fingerprint density at radius 2 is 2.04 bits per heavy atom. The summed E-state index contributed by atoms with van der Waals surface area (Å²) in [7, 11) is 1.86. The van der Waals surface area contributed by atoms with Crippen molar-refractivity contribution in [3.05, 3.63) is 54.4 Å². The summed E-state index contributed by atoms with van der Waals surface area (Å²) in [5.74, 6) is 0.306. The van der Waals surface area contributed by atoms with Crippen molar-refractivity contribution in [2.75, 3.05) is 5.75 Å². The summed E-state index contributed by atoms with van der Waals surface area (Å²) < 4.78 is 1.80. The van der Waals surface area contributed by atoms with Crippen LogP contribution < -0.4 is 5.32 Å². The van der Waals surface area contributed by atoms with Crippen LogP contribution in [-0.2, 0) is 11.8 Å². The van der Waals surface area contributed by atoms with Crippen molar-refractivity contribution in [1.82, 2.24) is 20.1 Å². The predicted octanol–water partition coefficient (Wildman–Crippen LogP) is 2.94. The normalized spacial score (nSPS) is 12.3. The maximum Gasteiger partial charge on any atom is 0.230 e. The molecule has 0 bridgehead atoms. The van der Waals surface area contributed by atoms with Gasteiger partial charge in [0.2, 0.25) is 5.91 Å². The van der Waals surface area contributed by atoms with Gasteiger partial charge in [-0.3, -0.25) is 4.79 Å². The quantitative estimate of drug-likeness (QED) is 0.732. The lowest BCUT2D eigenvalue weighted by atomic mass is 10.00. The number of carbonyl (C=O) groups excluding carboxylic acids is 1. The number of aryl methyl sites for hydroxylation is 1. The summed E-state index contributed by atoms with van der Waals surface area (Å²) in [6.45, 7) is 2.01. The number of thioether (sulfide) groups is 1. The van der Waals surface area contributed by atoms with Gasteiger partial charge in [0, 0.05) is 7.05 Å². The van der Waals surface area contributed by atoms with Gasteiger partial charge in [0.15, 0.2) is 5.16 Å². The standard InChI is InChI=1S/C17H18N4OS/c1-12(14-9-5-7-13-6-3-4-8-15(13)14)19-16(22)10-23-17-20-18-11-21(17)2/h3-9,11-12H,10H2,1-2H3,(H,19,22)/t12-/m0/s1. The number of nitrogens with one attached hydrogen (secondary N) is 1. The van der Waals surface area contributed by atoms with E-state index in [-0.39, 0.29) is 11.9 Å². The first-order valence-electron chi connectivity index (χ1n) is 7.39. The van der Waals surface area contributed by atoms with Gasteiger partial charge < -0.3 is 9.88 Å². The number of hydrogen-bond acceptors (Lipinski definition) is 4. The molecular formula is C17H18N4OS. The minimum Gasteiger partial charge on any atom is -0.349 e. The van der Waals surface area contributed by atoms with E-state index >= 15 is 0 Å². The van der Waals surface area contributed by atoms with E-state index in [9.17, 15) is 4.79 Å². The van der Waals surface area contributed by atoms with Gasteiger partial charge in [-0.25, -0.2) is 0 Å². The smallest absolute Gasteiger partial charge is 0.230 e. The van der Waals surface area contributed by atoms with Crippen molar-refractivity contribution in [3.8, 4) is 0 Å². The first-order chi connectivity index (χ1) is 11.1. The summed E-state index contributed by atoms with van der Waals surface area (Å²) in [6, 6.07) is 14.3. The second kappa shape index (κ2) is 6.83. The Bertz CT molecular complexity index is 825. The average molecular weight is 326 g/mol. The van der Waals surface area contributed by atoms with Gasteiger partial charge >= 0.3 is 0 Å². The van der Waals surface area contributed by atoms with Gasteiger partial charge in [0.25, 0.3) is 0 Å². The second-order valence-electron chi connectivity index (χ2n) is 5.37. The first-order valence-corrected chi connectivity index (χ1v) is 8.37. The van der Waals surface area contributed by atoms with Crippen molar-refractivity contribution < 1.29 is 4.79 Å². The Labute approximate surface area is 139 Å². The van der Waals surface area contributed by atoms with Crippen LogP contribution in [0.5, 0.6) is 0 Å². The van der Waals surface area contributed by atoms with Gasteiger partial charge in [0.05, 0.1) is 11.8 Å². The lowest BCUT2D eigenvalue weighted by Crippen LogP contribution is -2.28. The Kier molecular flexibility index (Phi) is 4.62. The van der Waals surface area contributed by atoms with Crippen LogP contribution in [-0.4, -0.2) is 26.4 Å². The third-order valence-electron chi connectivity index (χ3n) is 3.67. The van der Waals surface area contributed by atoms with E-state index < -0.39 is 0 Å². The lowest BCUT2D eigenvalue weighted by molar-refractivity contribution is -0.119. The van der Waals surface area contributed by atoms with Crippen molar-refractivity contribution in [3.63, 3.8) is 0 Å². The maximum atomic E-state index is 12.2. The highest BCUT2D eigenvalue weighted by atomic mass is 32.2. The molecule has 5 nitrogen and oxygen atoms in total. The van der Waals surface area contributed by atoms with Gasteiger partial charge in [-0.05, 0) is 23.3 Å². The Morgan fingerprint density at radius 3 is 2.83 bits per heavy atom. The molecule has 1 aromatic heterocycles. The van der Waals surface area contributed by atoms with Crippen LogP contribution in [0.3, 0.4) is 0 Å². The zero-order chi connectivity index (χ0) is 16.2. The first kappa shape index (κ1) is 15.6. The van der Waals surface area contributed by atoms with Crippen LogP contribution >= 0.6 is 11.8 Å². The van der Waals surface area contributed by atoms with E-state index in [0.29, 0.717) is 5.75 Å². The van der Waals surface area contributed by atoms with Gasteiger partial charge in [0.1, 0.15) is 6.33 Å². The van der Waals surface area contributed by atoms with E-state index in [0.717, 1.165) is 10.7 Å². The molecule has 0 spiro atoms. The van der Waals surface area contributed by atoms with Gasteiger partial charge in [-0.2, -0.15) is 0 Å². The number of rotatable bonds is 5. The van der Waals surface area contributed by atoms with Crippen LogP contribution in [0.15, 0.2) is 53.9 Å². The SMILES string of the molecule is C[C@H](NC(=O)CSc1nncn1C)c1cccc2ccccc12. The van der Waals surface area contributed by atoms with E-state index in [4.69, 9.17) is 0 Å². The number of hydrogen-bond donors (Lipinski definition) is 1. The minimum atomic E-state index is -0.0475. The molecule has 0 aliphatic heterocycles. The molecule has 0 saturated carbocycles. The second-order valence-corrected chi connectivity index (χ2v) is 6.31. The number of amides is 1. The van der Waals surface area contributed by atoms with Crippen molar-refractivity contribution in [2.24, 2.45) is 7.05 Å². The molecule has 1 atom stereocenters. The molecule has 1 N–H and O–H groups in total. The molecule has 0 radical (unpaired) electrons. The molecule has 0 saturated heterocycles. The van der Waals surface area contributed by atoms with E-state index in [1.807, 2.05) is 32.2 Å². The molecule has 0 fully saturated rings. The molecule has 6 heteroatoms. The third-order valence-corrected chi connectivity index (χ3v) is 4.70. The summed E-state index contributed by atoms with van der Waals surface area (Å²) in [6.07, 6.45) is 1.62. The van der Waals surface area contributed by atoms with E-state index in [2.05, 4.69) is 39.8 Å². The fourth-order valence-electron chi connectivity index (χ4n) is 2.52. The van der Waals surface area contributed by atoms with Gasteiger partial charge in [-0.15, -0.1) is 10.2 Å².